The summed E-state index contributed by atoms with van der Waals surface area (Å²) in [7, 11) is 0. The van der Waals surface area contributed by atoms with E-state index in [-0.39, 0.29) is 17.4 Å². The van der Waals surface area contributed by atoms with Gasteiger partial charge in [-0.05, 0) is 38.5 Å². The van der Waals surface area contributed by atoms with Crippen LogP contribution in [0.25, 0.3) is 0 Å². The van der Waals surface area contributed by atoms with Gasteiger partial charge in [-0.1, -0.05) is 18.2 Å². The van der Waals surface area contributed by atoms with E-state index in [1.54, 1.807) is 0 Å². The van der Waals surface area contributed by atoms with Crippen molar-refractivity contribution in [3.05, 3.63) is 24.8 Å². The van der Waals surface area contributed by atoms with Gasteiger partial charge in [-0.15, -0.1) is 6.58 Å². The lowest BCUT2D eigenvalue weighted by Gasteiger charge is -2.37. The molecule has 4 heteroatoms. The van der Waals surface area contributed by atoms with Crippen LogP contribution in [-0.2, 0) is 9.59 Å². The Morgan fingerprint density at radius 2 is 2.05 bits per heavy atom. The van der Waals surface area contributed by atoms with Gasteiger partial charge >= 0.3 is 0 Å². The number of likely N-dealkylation sites (tertiary alicyclic amines) is 2. The van der Waals surface area contributed by atoms with E-state index in [1.807, 2.05) is 15.9 Å². The van der Waals surface area contributed by atoms with Crippen molar-refractivity contribution in [1.82, 2.24) is 9.80 Å². The van der Waals surface area contributed by atoms with Crippen molar-refractivity contribution >= 4 is 11.8 Å². The molecule has 2 saturated heterocycles. The van der Waals surface area contributed by atoms with Crippen LogP contribution in [0.1, 0.15) is 44.9 Å². The highest BCUT2D eigenvalue weighted by atomic mass is 16.2. The van der Waals surface area contributed by atoms with E-state index in [0.29, 0.717) is 18.9 Å². The fourth-order valence-corrected chi connectivity index (χ4v) is 4.29. The SMILES string of the molecule is C=CCN1C(=O)CCC12CCCN(C(=O)C1CC=CC1)CC2. The number of hydrogen-bond donors (Lipinski definition) is 0. The molecule has 0 saturated carbocycles. The van der Waals surface area contributed by atoms with Crippen molar-refractivity contribution < 1.29 is 9.59 Å². The van der Waals surface area contributed by atoms with Crippen LogP contribution in [0.15, 0.2) is 24.8 Å². The van der Waals surface area contributed by atoms with Crippen LogP contribution >= 0.6 is 0 Å². The van der Waals surface area contributed by atoms with E-state index in [9.17, 15) is 9.59 Å². The quantitative estimate of drug-likeness (QED) is 0.752. The zero-order valence-corrected chi connectivity index (χ0v) is 13.3. The molecule has 22 heavy (non-hydrogen) atoms. The molecule has 0 aromatic rings. The molecular weight excluding hydrogens is 276 g/mol. The second-order valence-corrected chi connectivity index (χ2v) is 6.84. The molecule has 4 nitrogen and oxygen atoms in total. The molecule has 2 aliphatic heterocycles. The van der Waals surface area contributed by atoms with E-state index in [0.717, 1.165) is 51.6 Å². The first kappa shape index (κ1) is 15.3. The van der Waals surface area contributed by atoms with Crippen molar-refractivity contribution in [3.8, 4) is 0 Å². The molecule has 1 unspecified atom stereocenters. The molecule has 0 radical (unpaired) electrons. The van der Waals surface area contributed by atoms with Gasteiger partial charge in [0.25, 0.3) is 0 Å². The smallest absolute Gasteiger partial charge is 0.226 e. The monoisotopic (exact) mass is 302 g/mol. The minimum absolute atomic E-state index is 0.0335. The normalized spacial score (nSPS) is 29.4. The first-order chi connectivity index (χ1) is 10.7. The van der Waals surface area contributed by atoms with Gasteiger partial charge < -0.3 is 9.80 Å². The summed E-state index contributed by atoms with van der Waals surface area (Å²) < 4.78 is 0. The molecule has 2 fully saturated rings. The average Bonchev–Trinajstić information content (AvgIpc) is 3.08. The van der Waals surface area contributed by atoms with Gasteiger partial charge in [0.15, 0.2) is 0 Å². The highest BCUT2D eigenvalue weighted by Crippen LogP contribution is 2.39. The fraction of sp³-hybridized carbons (Fsp3) is 0.667. The lowest BCUT2D eigenvalue weighted by atomic mass is 9.87. The largest absolute Gasteiger partial charge is 0.342 e. The average molecular weight is 302 g/mol. The van der Waals surface area contributed by atoms with Crippen LogP contribution in [-0.4, -0.2) is 46.8 Å². The Bertz CT molecular complexity index is 491. The molecule has 0 N–H and O–H groups in total. The van der Waals surface area contributed by atoms with Gasteiger partial charge in [-0.2, -0.15) is 0 Å². The van der Waals surface area contributed by atoms with Gasteiger partial charge in [-0.3, -0.25) is 9.59 Å². The van der Waals surface area contributed by atoms with Gasteiger partial charge in [0.2, 0.25) is 11.8 Å². The zero-order valence-electron chi connectivity index (χ0n) is 13.3. The van der Waals surface area contributed by atoms with Crippen LogP contribution in [0.2, 0.25) is 0 Å². The number of carbonyl (C=O) groups is 2. The summed E-state index contributed by atoms with van der Waals surface area (Å²) in [6.07, 6.45) is 12.3. The molecule has 2 heterocycles. The first-order valence-electron chi connectivity index (χ1n) is 8.51. The molecule has 3 rings (SSSR count). The minimum Gasteiger partial charge on any atom is -0.342 e. The summed E-state index contributed by atoms with van der Waals surface area (Å²) in [5.74, 6) is 0.713. The molecule has 2 amide bonds. The molecule has 0 aromatic heterocycles. The molecule has 3 aliphatic rings. The van der Waals surface area contributed by atoms with Gasteiger partial charge in [0.05, 0.1) is 0 Å². The van der Waals surface area contributed by atoms with Gasteiger partial charge in [-0.25, -0.2) is 0 Å². The Kier molecular flexibility index (Phi) is 4.37. The van der Waals surface area contributed by atoms with E-state index in [1.165, 1.54) is 0 Å². The molecule has 1 spiro atoms. The number of rotatable bonds is 3. The molecule has 1 aliphatic carbocycles. The number of allylic oxidation sites excluding steroid dienone is 2. The van der Waals surface area contributed by atoms with E-state index in [4.69, 9.17) is 0 Å². The Morgan fingerprint density at radius 3 is 2.77 bits per heavy atom. The summed E-state index contributed by atoms with van der Waals surface area (Å²) in [5.41, 5.74) is -0.0335. The number of nitrogens with zero attached hydrogens (tertiary/aromatic N) is 2. The topological polar surface area (TPSA) is 40.6 Å². The fourth-order valence-electron chi connectivity index (χ4n) is 4.29. The Labute approximate surface area is 132 Å². The van der Waals surface area contributed by atoms with E-state index >= 15 is 0 Å². The number of hydrogen-bond acceptors (Lipinski definition) is 2. The Balaban J connectivity index is 1.67. The predicted molar refractivity (Wildman–Crippen MR) is 86.2 cm³/mol. The third-order valence-electron chi connectivity index (χ3n) is 5.58. The maximum atomic E-state index is 12.6. The molecule has 0 aromatic carbocycles. The third-order valence-corrected chi connectivity index (χ3v) is 5.58. The summed E-state index contributed by atoms with van der Waals surface area (Å²) in [5, 5.41) is 0. The molecule has 0 bridgehead atoms. The van der Waals surface area contributed by atoms with Crippen molar-refractivity contribution in [2.75, 3.05) is 19.6 Å². The highest BCUT2D eigenvalue weighted by molar-refractivity contribution is 5.81. The second kappa shape index (κ2) is 6.27. The van der Waals surface area contributed by atoms with E-state index in [2.05, 4.69) is 18.7 Å². The summed E-state index contributed by atoms with van der Waals surface area (Å²) in [6, 6.07) is 0. The molecule has 120 valence electrons. The number of amides is 2. The molecular formula is C18H26N2O2. The molecule has 1 atom stereocenters. The standard InChI is InChI=1S/C18H26N2O2/c1-2-12-20-16(21)8-10-18(20)9-5-13-19(14-11-18)17(22)15-6-3-4-7-15/h2-4,15H,1,5-14H2. The van der Waals surface area contributed by atoms with Crippen molar-refractivity contribution in [1.29, 1.82) is 0 Å². The summed E-state index contributed by atoms with van der Waals surface area (Å²) in [4.78, 5) is 28.8. The summed E-state index contributed by atoms with van der Waals surface area (Å²) >= 11 is 0. The summed E-state index contributed by atoms with van der Waals surface area (Å²) in [6.45, 7) is 6.06. The van der Waals surface area contributed by atoms with Crippen LogP contribution < -0.4 is 0 Å². The second-order valence-electron chi connectivity index (χ2n) is 6.84. The lowest BCUT2D eigenvalue weighted by Crippen LogP contribution is -2.46. The number of carbonyl (C=O) groups excluding carboxylic acids is 2. The maximum Gasteiger partial charge on any atom is 0.226 e. The minimum atomic E-state index is -0.0335. The van der Waals surface area contributed by atoms with Crippen molar-refractivity contribution in [2.45, 2.75) is 50.5 Å². The Hall–Kier alpha value is -1.58. The predicted octanol–water partition coefficient (Wildman–Crippen LogP) is 2.51. The van der Waals surface area contributed by atoms with Crippen molar-refractivity contribution in [2.24, 2.45) is 5.92 Å². The highest BCUT2D eigenvalue weighted by Gasteiger charge is 2.45. The zero-order chi connectivity index (χ0) is 15.6. The van der Waals surface area contributed by atoms with Crippen LogP contribution in [0.4, 0.5) is 0 Å². The first-order valence-corrected chi connectivity index (χ1v) is 8.51. The van der Waals surface area contributed by atoms with Gasteiger partial charge in [0.1, 0.15) is 0 Å². The van der Waals surface area contributed by atoms with Crippen LogP contribution in [0.5, 0.6) is 0 Å². The third kappa shape index (κ3) is 2.71. The lowest BCUT2D eigenvalue weighted by molar-refractivity contribution is -0.135. The van der Waals surface area contributed by atoms with Crippen LogP contribution in [0.3, 0.4) is 0 Å². The Morgan fingerprint density at radius 1 is 1.27 bits per heavy atom. The van der Waals surface area contributed by atoms with Crippen LogP contribution in [0, 0.1) is 5.92 Å². The van der Waals surface area contributed by atoms with Crippen molar-refractivity contribution in [3.63, 3.8) is 0 Å². The van der Waals surface area contributed by atoms with Gasteiger partial charge in [0, 0.05) is 37.5 Å². The maximum absolute atomic E-state index is 12.6. The van der Waals surface area contributed by atoms with E-state index < -0.39 is 0 Å².